The van der Waals surface area contributed by atoms with Crippen molar-refractivity contribution < 1.29 is 28.6 Å². The van der Waals surface area contributed by atoms with Crippen LogP contribution in [0, 0.1) is 0 Å². The van der Waals surface area contributed by atoms with Crippen molar-refractivity contribution in [3.63, 3.8) is 0 Å². The molecule has 6 nitrogen and oxygen atoms in total. The van der Waals surface area contributed by atoms with Crippen molar-refractivity contribution >= 4 is 17.9 Å². The summed E-state index contributed by atoms with van der Waals surface area (Å²) < 4.78 is 16.5. The highest BCUT2D eigenvalue weighted by atomic mass is 16.6. The molecule has 0 aromatic carbocycles. The molecular formula is C49H76O6. The number of hydrogen-bond donors (Lipinski definition) is 0. The Morgan fingerprint density at radius 2 is 0.764 bits per heavy atom. The molecule has 55 heavy (non-hydrogen) atoms. The summed E-state index contributed by atoms with van der Waals surface area (Å²) in [6.07, 6.45) is 56.8. The molecule has 0 saturated heterocycles. The highest BCUT2D eigenvalue weighted by Gasteiger charge is 2.19. The molecule has 0 aromatic heterocycles. The Morgan fingerprint density at radius 3 is 1.25 bits per heavy atom. The summed E-state index contributed by atoms with van der Waals surface area (Å²) in [6.45, 7) is 6.19. The molecule has 0 N–H and O–H groups in total. The second-order valence-electron chi connectivity index (χ2n) is 13.5. The summed E-state index contributed by atoms with van der Waals surface area (Å²) in [4.78, 5) is 37.5. The van der Waals surface area contributed by atoms with Crippen LogP contribution in [0.4, 0.5) is 0 Å². The summed E-state index contributed by atoms with van der Waals surface area (Å²) in [7, 11) is 0. The molecule has 308 valence electrons. The maximum absolute atomic E-state index is 12.6. The quantitative estimate of drug-likeness (QED) is 0.0274. The third-order valence-electron chi connectivity index (χ3n) is 8.26. The van der Waals surface area contributed by atoms with Gasteiger partial charge in [-0.3, -0.25) is 14.4 Å². The first kappa shape index (κ1) is 51.1. The number of carbonyl (C=O) groups excluding carboxylic acids is 3. The predicted octanol–water partition coefficient (Wildman–Crippen LogP) is 13.6. The largest absolute Gasteiger partial charge is 0.462 e. The molecule has 6 heteroatoms. The molecule has 0 spiro atoms. The molecule has 0 heterocycles. The zero-order valence-electron chi connectivity index (χ0n) is 34.9. The van der Waals surface area contributed by atoms with Crippen molar-refractivity contribution in [1.29, 1.82) is 0 Å². The van der Waals surface area contributed by atoms with E-state index < -0.39 is 6.10 Å². The van der Waals surface area contributed by atoms with Crippen molar-refractivity contribution in [1.82, 2.24) is 0 Å². The van der Waals surface area contributed by atoms with Crippen LogP contribution >= 0.6 is 0 Å². The number of esters is 3. The Labute approximate surface area is 336 Å². The lowest BCUT2D eigenvalue weighted by Gasteiger charge is -2.18. The number of carbonyl (C=O) groups is 3. The predicted molar refractivity (Wildman–Crippen MR) is 233 cm³/mol. The van der Waals surface area contributed by atoms with E-state index in [0.717, 1.165) is 77.0 Å². The molecule has 0 radical (unpaired) electrons. The van der Waals surface area contributed by atoms with E-state index in [2.05, 4.69) is 118 Å². The molecule has 0 aliphatic heterocycles. The fourth-order valence-corrected chi connectivity index (χ4v) is 5.09. The number of rotatable bonds is 36. The minimum absolute atomic E-state index is 0.133. The van der Waals surface area contributed by atoms with Crippen LogP contribution in [0.5, 0.6) is 0 Å². The first-order valence-corrected chi connectivity index (χ1v) is 21.4. The third-order valence-corrected chi connectivity index (χ3v) is 8.26. The normalized spacial score (nSPS) is 13.1. The van der Waals surface area contributed by atoms with E-state index in [0.29, 0.717) is 19.3 Å². The van der Waals surface area contributed by atoms with E-state index in [1.54, 1.807) is 0 Å². The van der Waals surface area contributed by atoms with Crippen molar-refractivity contribution in [2.45, 2.75) is 168 Å². The zero-order chi connectivity index (χ0) is 40.1. The SMILES string of the molecule is CC/C=C\C/C=C\C/C=C\C/C=C\C/C=C\C/C=C\CCC(=O)OCC(COC(=O)CCC/C=C\CCCCCC)OC(=O)CCCC/C=C\C/C=C\CC. The summed E-state index contributed by atoms with van der Waals surface area (Å²) >= 11 is 0. The molecule has 0 fully saturated rings. The fourth-order valence-electron chi connectivity index (χ4n) is 5.09. The Hall–Kier alpha value is -3.93. The average Bonchev–Trinajstić information content (AvgIpc) is 3.18. The molecule has 0 amide bonds. The van der Waals surface area contributed by atoms with Gasteiger partial charge in [0.2, 0.25) is 0 Å². The fraction of sp³-hybridized carbons (Fsp3) is 0.571. The van der Waals surface area contributed by atoms with Gasteiger partial charge in [0.1, 0.15) is 13.2 Å². The Kier molecular flexibility index (Phi) is 39.7. The van der Waals surface area contributed by atoms with Crippen LogP contribution in [-0.4, -0.2) is 37.2 Å². The van der Waals surface area contributed by atoms with E-state index in [4.69, 9.17) is 14.2 Å². The molecule has 1 unspecified atom stereocenters. The summed E-state index contributed by atoms with van der Waals surface area (Å²) in [5.41, 5.74) is 0. The molecular weight excluding hydrogens is 685 g/mol. The number of hydrogen-bond acceptors (Lipinski definition) is 6. The second-order valence-corrected chi connectivity index (χ2v) is 13.5. The average molecular weight is 761 g/mol. The van der Waals surface area contributed by atoms with Gasteiger partial charge in [-0.05, 0) is 103 Å². The van der Waals surface area contributed by atoms with E-state index in [9.17, 15) is 14.4 Å². The minimum atomic E-state index is -0.834. The van der Waals surface area contributed by atoms with Crippen LogP contribution in [0.25, 0.3) is 0 Å². The first-order valence-electron chi connectivity index (χ1n) is 21.4. The van der Waals surface area contributed by atoms with Crippen LogP contribution < -0.4 is 0 Å². The molecule has 1 atom stereocenters. The molecule has 0 aliphatic rings. The van der Waals surface area contributed by atoms with Crippen LogP contribution in [0.1, 0.15) is 162 Å². The summed E-state index contributed by atoms with van der Waals surface area (Å²) in [6, 6.07) is 0. The maximum Gasteiger partial charge on any atom is 0.306 e. The topological polar surface area (TPSA) is 78.9 Å². The van der Waals surface area contributed by atoms with Crippen LogP contribution in [0.3, 0.4) is 0 Å². The van der Waals surface area contributed by atoms with Crippen molar-refractivity contribution in [2.75, 3.05) is 13.2 Å². The van der Waals surface area contributed by atoms with E-state index in [1.807, 2.05) is 12.2 Å². The summed E-state index contributed by atoms with van der Waals surface area (Å²) in [5.74, 6) is -1.11. The van der Waals surface area contributed by atoms with Gasteiger partial charge in [0, 0.05) is 19.3 Å². The van der Waals surface area contributed by atoms with Crippen LogP contribution in [0.2, 0.25) is 0 Å². The van der Waals surface area contributed by atoms with Crippen LogP contribution in [-0.2, 0) is 28.6 Å². The van der Waals surface area contributed by atoms with E-state index in [1.165, 1.54) is 25.7 Å². The summed E-state index contributed by atoms with van der Waals surface area (Å²) in [5, 5.41) is 0. The number of allylic oxidation sites excluding steroid dienone is 18. The standard InChI is InChI=1S/C49H76O6/c1-4-7-10-13-16-19-20-21-22-23-24-25-26-27-28-31-33-36-39-42-48(51)54-45-46(55-49(52)43-40-37-34-30-18-15-12-9-6-3)44-53-47(50)41-38-35-32-29-17-14-11-8-5-2/h7,9-10,12,16,18-19,21-22,24-25,27-30,32-33,36,46H,4-6,8,11,13-15,17,20,23,26,31,34-35,37-45H2,1-3H3/b10-7-,12-9-,19-16-,22-21-,25-24-,28-27-,30-18-,32-29-,36-33-. The lowest BCUT2D eigenvalue weighted by atomic mass is 10.1. The van der Waals surface area contributed by atoms with Gasteiger partial charge in [-0.2, -0.15) is 0 Å². The molecule has 0 saturated carbocycles. The lowest BCUT2D eigenvalue weighted by molar-refractivity contribution is -0.166. The molecule has 0 rings (SSSR count). The van der Waals surface area contributed by atoms with Crippen molar-refractivity contribution in [3.05, 3.63) is 109 Å². The first-order chi connectivity index (χ1) is 27.0. The van der Waals surface area contributed by atoms with Gasteiger partial charge in [0.25, 0.3) is 0 Å². The van der Waals surface area contributed by atoms with E-state index in [-0.39, 0.29) is 50.4 Å². The monoisotopic (exact) mass is 761 g/mol. The van der Waals surface area contributed by atoms with Gasteiger partial charge in [-0.25, -0.2) is 0 Å². The maximum atomic E-state index is 12.6. The molecule has 0 bridgehead atoms. The van der Waals surface area contributed by atoms with Gasteiger partial charge in [0.15, 0.2) is 6.10 Å². The van der Waals surface area contributed by atoms with Gasteiger partial charge in [-0.15, -0.1) is 0 Å². The van der Waals surface area contributed by atoms with Gasteiger partial charge < -0.3 is 14.2 Å². The lowest BCUT2D eigenvalue weighted by Crippen LogP contribution is -2.30. The second kappa shape index (κ2) is 42.8. The van der Waals surface area contributed by atoms with Crippen LogP contribution in [0.15, 0.2) is 109 Å². The Bertz CT molecular complexity index is 1200. The van der Waals surface area contributed by atoms with Gasteiger partial charge >= 0.3 is 17.9 Å². The van der Waals surface area contributed by atoms with Crippen molar-refractivity contribution in [2.24, 2.45) is 0 Å². The molecule has 0 aromatic rings. The smallest absolute Gasteiger partial charge is 0.306 e. The van der Waals surface area contributed by atoms with E-state index >= 15 is 0 Å². The number of ether oxygens (including phenoxy) is 3. The Morgan fingerprint density at radius 1 is 0.382 bits per heavy atom. The van der Waals surface area contributed by atoms with Crippen molar-refractivity contribution in [3.8, 4) is 0 Å². The van der Waals surface area contributed by atoms with Gasteiger partial charge in [0.05, 0.1) is 0 Å². The number of unbranched alkanes of at least 4 members (excludes halogenated alkanes) is 7. The molecule has 0 aliphatic carbocycles. The highest BCUT2D eigenvalue weighted by Crippen LogP contribution is 2.09. The minimum Gasteiger partial charge on any atom is -0.462 e. The Balaban J connectivity index is 4.51. The zero-order valence-corrected chi connectivity index (χ0v) is 34.9. The highest BCUT2D eigenvalue weighted by molar-refractivity contribution is 5.71. The van der Waals surface area contributed by atoms with Gasteiger partial charge in [-0.1, -0.05) is 149 Å². The third kappa shape index (κ3) is 41.1.